The Morgan fingerprint density at radius 1 is 1.62 bits per heavy atom. The number of amides is 1. The predicted molar refractivity (Wildman–Crippen MR) is 58.1 cm³/mol. The Morgan fingerprint density at radius 3 is 2.69 bits per heavy atom. The van der Waals surface area contributed by atoms with Crippen LogP contribution in [0.25, 0.3) is 0 Å². The Bertz CT molecular complexity index is 311. The lowest BCUT2D eigenvalue weighted by Gasteiger charge is -2.33. The second-order valence-electron chi connectivity index (χ2n) is 4.35. The molecule has 0 radical (unpaired) electrons. The molecule has 0 saturated carbocycles. The summed E-state index contributed by atoms with van der Waals surface area (Å²) in [7, 11) is 0. The summed E-state index contributed by atoms with van der Waals surface area (Å²) in [4.78, 5) is 24.1. The molecule has 0 aromatic carbocycles. The molecule has 1 fully saturated rings. The molecule has 1 aliphatic rings. The summed E-state index contributed by atoms with van der Waals surface area (Å²) in [5.74, 6) is -1.41. The van der Waals surface area contributed by atoms with Gasteiger partial charge in [-0.05, 0) is 20.3 Å². The number of rotatable bonds is 3. The van der Waals surface area contributed by atoms with E-state index in [1.165, 1.54) is 11.0 Å². The Balaban J connectivity index is 2.73. The molecule has 0 aliphatic carbocycles. The standard InChI is InChI=1S/C11H17NO4/c1-4-7-16-10(15)12-6-5-8(9(13)14)11(12,2)3/h4,8H,1,5-7H2,2-3H3,(H,13,14). The van der Waals surface area contributed by atoms with Crippen LogP contribution in [0.5, 0.6) is 0 Å². The maximum absolute atomic E-state index is 11.7. The number of aliphatic carboxylic acids is 1. The third-order valence-corrected chi connectivity index (χ3v) is 3.03. The summed E-state index contributed by atoms with van der Waals surface area (Å²) in [5, 5.41) is 9.03. The van der Waals surface area contributed by atoms with Crippen molar-refractivity contribution in [2.75, 3.05) is 13.2 Å². The largest absolute Gasteiger partial charge is 0.481 e. The molecule has 1 rings (SSSR count). The molecule has 90 valence electrons. The molecule has 0 aromatic rings. The first-order valence-electron chi connectivity index (χ1n) is 5.19. The van der Waals surface area contributed by atoms with Crippen molar-refractivity contribution in [3.05, 3.63) is 12.7 Å². The van der Waals surface area contributed by atoms with E-state index in [0.717, 1.165) is 0 Å². The van der Waals surface area contributed by atoms with Gasteiger partial charge in [0.2, 0.25) is 0 Å². The molecule has 1 N–H and O–H groups in total. The van der Waals surface area contributed by atoms with Crippen LogP contribution in [-0.2, 0) is 9.53 Å². The van der Waals surface area contributed by atoms with Gasteiger partial charge in [0.05, 0.1) is 11.5 Å². The van der Waals surface area contributed by atoms with Gasteiger partial charge in [0.15, 0.2) is 0 Å². The Labute approximate surface area is 94.7 Å². The van der Waals surface area contributed by atoms with Crippen molar-refractivity contribution in [2.45, 2.75) is 25.8 Å². The quantitative estimate of drug-likeness (QED) is 0.742. The maximum atomic E-state index is 11.7. The van der Waals surface area contributed by atoms with E-state index < -0.39 is 23.5 Å². The third kappa shape index (κ3) is 2.18. The van der Waals surface area contributed by atoms with E-state index in [-0.39, 0.29) is 6.61 Å². The molecule has 1 heterocycles. The molecule has 0 spiro atoms. The third-order valence-electron chi connectivity index (χ3n) is 3.03. The van der Waals surface area contributed by atoms with Gasteiger partial charge >= 0.3 is 12.1 Å². The highest BCUT2D eigenvalue weighted by atomic mass is 16.6. The maximum Gasteiger partial charge on any atom is 0.410 e. The van der Waals surface area contributed by atoms with Gasteiger partial charge < -0.3 is 14.7 Å². The van der Waals surface area contributed by atoms with Crippen LogP contribution in [0.3, 0.4) is 0 Å². The topological polar surface area (TPSA) is 66.8 Å². The van der Waals surface area contributed by atoms with E-state index in [1.807, 2.05) is 0 Å². The van der Waals surface area contributed by atoms with Crippen molar-refractivity contribution in [1.82, 2.24) is 4.90 Å². The van der Waals surface area contributed by atoms with Gasteiger partial charge in [-0.1, -0.05) is 12.7 Å². The number of carboxylic acids is 1. The van der Waals surface area contributed by atoms with Crippen LogP contribution in [0.2, 0.25) is 0 Å². The Morgan fingerprint density at radius 2 is 2.25 bits per heavy atom. The van der Waals surface area contributed by atoms with Gasteiger partial charge in [0.1, 0.15) is 6.61 Å². The van der Waals surface area contributed by atoms with E-state index >= 15 is 0 Å². The summed E-state index contributed by atoms with van der Waals surface area (Å²) in [6, 6.07) is 0. The normalized spacial score (nSPS) is 22.9. The Hall–Kier alpha value is -1.52. The number of carbonyl (C=O) groups is 2. The molecule has 1 saturated heterocycles. The van der Waals surface area contributed by atoms with Gasteiger partial charge in [-0.25, -0.2) is 4.79 Å². The fourth-order valence-electron chi connectivity index (χ4n) is 2.05. The van der Waals surface area contributed by atoms with Gasteiger partial charge in [-0.2, -0.15) is 0 Å². The predicted octanol–water partition coefficient (Wildman–Crippen LogP) is 1.49. The molecule has 0 aromatic heterocycles. The molecule has 5 heteroatoms. The highest BCUT2D eigenvalue weighted by molar-refractivity contribution is 5.76. The van der Waals surface area contributed by atoms with E-state index in [2.05, 4.69) is 6.58 Å². The van der Waals surface area contributed by atoms with Crippen molar-refractivity contribution < 1.29 is 19.4 Å². The van der Waals surface area contributed by atoms with Crippen molar-refractivity contribution in [1.29, 1.82) is 0 Å². The van der Waals surface area contributed by atoms with E-state index in [0.29, 0.717) is 13.0 Å². The molecule has 1 atom stereocenters. The van der Waals surface area contributed by atoms with Crippen LogP contribution >= 0.6 is 0 Å². The van der Waals surface area contributed by atoms with Crippen molar-refractivity contribution >= 4 is 12.1 Å². The van der Waals surface area contributed by atoms with Crippen LogP contribution in [0, 0.1) is 5.92 Å². The molecular formula is C11H17NO4. The number of carbonyl (C=O) groups excluding carboxylic acids is 1. The lowest BCUT2D eigenvalue weighted by Crippen LogP contribution is -2.48. The monoisotopic (exact) mass is 227 g/mol. The summed E-state index contributed by atoms with van der Waals surface area (Å²) in [6.07, 6.45) is 1.47. The minimum Gasteiger partial charge on any atom is -0.481 e. The fraction of sp³-hybridized carbons (Fsp3) is 0.636. The summed E-state index contributed by atoms with van der Waals surface area (Å²) in [6.45, 7) is 7.50. The van der Waals surface area contributed by atoms with Crippen molar-refractivity contribution in [2.24, 2.45) is 5.92 Å². The minimum absolute atomic E-state index is 0.142. The van der Waals surface area contributed by atoms with Crippen LogP contribution in [0.4, 0.5) is 4.79 Å². The molecule has 1 unspecified atom stereocenters. The first-order valence-corrected chi connectivity index (χ1v) is 5.19. The lowest BCUT2D eigenvalue weighted by atomic mass is 9.89. The van der Waals surface area contributed by atoms with Gasteiger partial charge in [-0.3, -0.25) is 4.79 Å². The number of hydrogen-bond acceptors (Lipinski definition) is 3. The molecule has 0 bridgehead atoms. The zero-order chi connectivity index (χ0) is 12.3. The second-order valence-corrected chi connectivity index (χ2v) is 4.35. The smallest absolute Gasteiger partial charge is 0.410 e. The van der Waals surface area contributed by atoms with E-state index in [9.17, 15) is 9.59 Å². The molecular weight excluding hydrogens is 210 g/mol. The first kappa shape index (κ1) is 12.5. The zero-order valence-electron chi connectivity index (χ0n) is 9.60. The van der Waals surface area contributed by atoms with Gasteiger partial charge in [-0.15, -0.1) is 0 Å². The van der Waals surface area contributed by atoms with Crippen LogP contribution in [-0.4, -0.2) is 40.8 Å². The summed E-state index contributed by atoms with van der Waals surface area (Å²) >= 11 is 0. The second kappa shape index (κ2) is 4.55. The average molecular weight is 227 g/mol. The number of hydrogen-bond donors (Lipinski definition) is 1. The average Bonchev–Trinajstić information content (AvgIpc) is 2.50. The summed E-state index contributed by atoms with van der Waals surface area (Å²) in [5.41, 5.74) is -0.704. The number of carboxylic acid groups (broad SMARTS) is 1. The molecule has 5 nitrogen and oxygen atoms in total. The van der Waals surface area contributed by atoms with Crippen LogP contribution in [0.15, 0.2) is 12.7 Å². The SMILES string of the molecule is C=CCOC(=O)N1CCC(C(=O)O)C1(C)C. The van der Waals surface area contributed by atoms with Crippen molar-refractivity contribution in [3.63, 3.8) is 0 Å². The van der Waals surface area contributed by atoms with Crippen LogP contribution < -0.4 is 0 Å². The highest BCUT2D eigenvalue weighted by Gasteiger charge is 2.48. The fourth-order valence-corrected chi connectivity index (χ4v) is 2.05. The number of likely N-dealkylation sites (tertiary alicyclic amines) is 1. The lowest BCUT2D eigenvalue weighted by molar-refractivity contribution is -0.143. The van der Waals surface area contributed by atoms with Crippen LogP contribution in [0.1, 0.15) is 20.3 Å². The number of ether oxygens (including phenoxy) is 1. The molecule has 16 heavy (non-hydrogen) atoms. The zero-order valence-corrected chi connectivity index (χ0v) is 9.60. The van der Waals surface area contributed by atoms with E-state index in [4.69, 9.17) is 9.84 Å². The van der Waals surface area contributed by atoms with Gasteiger partial charge in [0.25, 0.3) is 0 Å². The van der Waals surface area contributed by atoms with Crippen molar-refractivity contribution in [3.8, 4) is 0 Å². The highest BCUT2D eigenvalue weighted by Crippen LogP contribution is 2.35. The first-order chi connectivity index (χ1) is 7.41. The summed E-state index contributed by atoms with van der Waals surface area (Å²) < 4.78 is 4.91. The molecule has 1 amide bonds. The van der Waals surface area contributed by atoms with Gasteiger partial charge in [0, 0.05) is 6.54 Å². The Kier molecular flexibility index (Phi) is 3.57. The van der Waals surface area contributed by atoms with E-state index in [1.54, 1.807) is 13.8 Å². The molecule has 1 aliphatic heterocycles. The number of nitrogens with zero attached hydrogens (tertiary/aromatic N) is 1. The minimum atomic E-state index is -0.871.